The van der Waals surface area contributed by atoms with Gasteiger partial charge in [0.05, 0.1) is 37.0 Å². The molecule has 0 spiro atoms. The van der Waals surface area contributed by atoms with Crippen molar-refractivity contribution < 1.29 is 9.53 Å². The predicted octanol–water partition coefficient (Wildman–Crippen LogP) is 3.81. The van der Waals surface area contributed by atoms with Gasteiger partial charge < -0.3 is 19.5 Å². The van der Waals surface area contributed by atoms with Gasteiger partial charge in [0.2, 0.25) is 0 Å². The first kappa shape index (κ1) is 18.5. The fraction of sp³-hybridized carbons (Fsp3) is 0.500. The van der Waals surface area contributed by atoms with Crippen LogP contribution in [0.15, 0.2) is 30.6 Å². The average Bonchev–Trinajstić information content (AvgIpc) is 2.88. The van der Waals surface area contributed by atoms with Gasteiger partial charge in [-0.25, -0.2) is 9.78 Å². The van der Waals surface area contributed by atoms with Crippen molar-refractivity contribution in [1.29, 1.82) is 0 Å². The molecule has 26 heavy (non-hydrogen) atoms. The lowest BCUT2D eigenvalue weighted by Gasteiger charge is -2.21. The number of carbonyl (C=O) groups is 1. The maximum Gasteiger partial charge on any atom is 0.322 e. The number of hydrogen-bond acceptors (Lipinski definition) is 3. The van der Waals surface area contributed by atoms with E-state index in [4.69, 9.17) is 4.74 Å². The quantitative estimate of drug-likeness (QED) is 0.886. The monoisotopic (exact) mass is 356 g/mol. The lowest BCUT2D eigenvalue weighted by Crippen LogP contribution is -2.34. The van der Waals surface area contributed by atoms with E-state index < -0.39 is 0 Å². The van der Waals surface area contributed by atoms with E-state index in [1.54, 1.807) is 0 Å². The number of aromatic nitrogens is 2. The Balaban J connectivity index is 1.68. The third-order valence-electron chi connectivity index (χ3n) is 4.65. The highest BCUT2D eigenvalue weighted by molar-refractivity contribution is 5.89. The summed E-state index contributed by atoms with van der Waals surface area (Å²) in [4.78, 5) is 19.1. The zero-order chi connectivity index (χ0) is 18.5. The third kappa shape index (κ3) is 4.43. The molecule has 1 aromatic heterocycles. The number of carbonyl (C=O) groups excluding carboxylic acids is 1. The highest BCUT2D eigenvalue weighted by Crippen LogP contribution is 2.19. The number of hydrogen-bond donors (Lipinski definition) is 1. The molecule has 0 bridgehead atoms. The van der Waals surface area contributed by atoms with Gasteiger partial charge in [0.1, 0.15) is 0 Å². The molecule has 1 aromatic carbocycles. The number of fused-ring (bicyclic) bond motifs is 1. The molecule has 0 aliphatic carbocycles. The summed E-state index contributed by atoms with van der Waals surface area (Å²) in [5.41, 5.74) is 4.08. The third-order valence-corrected chi connectivity index (χ3v) is 4.65. The number of amides is 2. The second-order valence-corrected chi connectivity index (χ2v) is 6.95. The summed E-state index contributed by atoms with van der Waals surface area (Å²) in [5.74, 6) is 0. The van der Waals surface area contributed by atoms with Crippen LogP contribution in [0.3, 0.4) is 0 Å². The van der Waals surface area contributed by atoms with Crippen molar-refractivity contribution in [3.63, 3.8) is 0 Å². The molecule has 2 heterocycles. The van der Waals surface area contributed by atoms with Gasteiger partial charge in [-0.3, -0.25) is 0 Å². The normalized spacial score (nSPS) is 14.2. The van der Waals surface area contributed by atoms with E-state index in [-0.39, 0.29) is 12.1 Å². The number of nitrogens with zero attached hydrogens (tertiary/aromatic N) is 3. The van der Waals surface area contributed by atoms with Gasteiger partial charge in [-0.05, 0) is 44.4 Å². The van der Waals surface area contributed by atoms with E-state index in [9.17, 15) is 4.79 Å². The van der Waals surface area contributed by atoms with E-state index in [1.807, 2.05) is 37.2 Å². The Morgan fingerprint density at radius 3 is 2.73 bits per heavy atom. The summed E-state index contributed by atoms with van der Waals surface area (Å²) in [6.07, 6.45) is 3.92. The molecule has 0 radical (unpaired) electrons. The summed E-state index contributed by atoms with van der Waals surface area (Å²) in [7, 11) is 0. The summed E-state index contributed by atoms with van der Waals surface area (Å²) in [6, 6.07) is 7.95. The molecule has 6 heteroatoms. The Morgan fingerprint density at radius 2 is 2.04 bits per heavy atom. The fourth-order valence-electron chi connectivity index (χ4n) is 3.08. The van der Waals surface area contributed by atoms with Crippen LogP contribution < -0.4 is 5.32 Å². The number of aryl methyl sites for hydroxylation is 2. The van der Waals surface area contributed by atoms with Crippen LogP contribution in [-0.2, 0) is 30.9 Å². The predicted molar refractivity (Wildman–Crippen MR) is 102 cm³/mol. The maximum absolute atomic E-state index is 12.7. The van der Waals surface area contributed by atoms with E-state index in [1.165, 1.54) is 5.56 Å². The van der Waals surface area contributed by atoms with Crippen molar-refractivity contribution >= 4 is 11.7 Å². The van der Waals surface area contributed by atoms with E-state index >= 15 is 0 Å². The molecule has 140 valence electrons. The minimum atomic E-state index is -0.0698. The smallest absolute Gasteiger partial charge is 0.322 e. The van der Waals surface area contributed by atoms with Gasteiger partial charge in [0, 0.05) is 18.8 Å². The second kappa shape index (κ2) is 8.36. The molecule has 1 aliphatic rings. The number of imidazole rings is 1. The van der Waals surface area contributed by atoms with Crippen LogP contribution in [0.2, 0.25) is 0 Å². The fourth-order valence-corrected chi connectivity index (χ4v) is 3.08. The summed E-state index contributed by atoms with van der Waals surface area (Å²) in [6.45, 7) is 8.78. The first-order valence-electron chi connectivity index (χ1n) is 9.36. The van der Waals surface area contributed by atoms with Crippen molar-refractivity contribution in [2.24, 2.45) is 0 Å². The highest BCUT2D eigenvalue weighted by atomic mass is 16.5. The molecule has 0 fully saturated rings. The summed E-state index contributed by atoms with van der Waals surface area (Å²) >= 11 is 0. The van der Waals surface area contributed by atoms with Gasteiger partial charge in [-0.15, -0.1) is 0 Å². The van der Waals surface area contributed by atoms with Gasteiger partial charge in [-0.1, -0.05) is 19.1 Å². The number of rotatable bonds is 5. The van der Waals surface area contributed by atoms with Gasteiger partial charge in [0.15, 0.2) is 0 Å². The first-order valence-corrected chi connectivity index (χ1v) is 9.36. The Labute approximate surface area is 155 Å². The van der Waals surface area contributed by atoms with Crippen molar-refractivity contribution in [2.75, 3.05) is 11.9 Å². The molecule has 0 saturated heterocycles. The van der Waals surface area contributed by atoms with Crippen LogP contribution in [0, 0.1) is 0 Å². The lowest BCUT2D eigenvalue weighted by atomic mass is 10.1. The SMILES string of the molecule is CCc1ccc(NC(=O)N2CCCn3cnc(COC(C)C)c3C2)cc1. The average molecular weight is 356 g/mol. The van der Waals surface area contributed by atoms with Crippen LogP contribution in [0.5, 0.6) is 0 Å². The maximum atomic E-state index is 12.7. The molecule has 2 aromatic rings. The van der Waals surface area contributed by atoms with Crippen molar-refractivity contribution in [1.82, 2.24) is 14.5 Å². The number of benzene rings is 1. The van der Waals surface area contributed by atoms with Crippen molar-refractivity contribution in [3.8, 4) is 0 Å². The number of anilines is 1. The Hall–Kier alpha value is -2.34. The van der Waals surface area contributed by atoms with Crippen molar-refractivity contribution in [2.45, 2.75) is 59.4 Å². The van der Waals surface area contributed by atoms with Crippen LogP contribution in [0.25, 0.3) is 0 Å². The highest BCUT2D eigenvalue weighted by Gasteiger charge is 2.22. The Morgan fingerprint density at radius 1 is 1.27 bits per heavy atom. The molecule has 0 saturated carbocycles. The van der Waals surface area contributed by atoms with Crippen LogP contribution in [-0.4, -0.2) is 33.1 Å². The number of ether oxygens (including phenoxy) is 1. The van der Waals surface area contributed by atoms with Crippen LogP contribution in [0.4, 0.5) is 10.5 Å². The molecular weight excluding hydrogens is 328 g/mol. The topological polar surface area (TPSA) is 59.4 Å². The molecule has 1 aliphatic heterocycles. The molecule has 3 rings (SSSR count). The largest absolute Gasteiger partial charge is 0.372 e. The molecule has 2 amide bonds. The van der Waals surface area contributed by atoms with Crippen molar-refractivity contribution in [3.05, 3.63) is 47.5 Å². The molecule has 6 nitrogen and oxygen atoms in total. The van der Waals surface area contributed by atoms with E-state index in [0.717, 1.165) is 43.0 Å². The minimum absolute atomic E-state index is 0.0698. The van der Waals surface area contributed by atoms with Gasteiger partial charge in [-0.2, -0.15) is 0 Å². The Kier molecular flexibility index (Phi) is 5.93. The minimum Gasteiger partial charge on any atom is -0.372 e. The first-order chi connectivity index (χ1) is 12.6. The van der Waals surface area contributed by atoms with E-state index in [2.05, 4.69) is 33.9 Å². The molecular formula is C20H28N4O2. The zero-order valence-electron chi connectivity index (χ0n) is 15.9. The standard InChI is InChI=1S/C20H28N4O2/c1-4-16-6-8-17(9-7-16)22-20(25)23-10-5-11-24-14-21-18(19(24)12-23)13-26-15(2)3/h6-9,14-15H,4-5,10-13H2,1-3H3,(H,22,25). The van der Waals surface area contributed by atoms with Crippen LogP contribution >= 0.6 is 0 Å². The Bertz CT molecular complexity index is 737. The molecule has 1 N–H and O–H groups in total. The van der Waals surface area contributed by atoms with Gasteiger partial charge >= 0.3 is 6.03 Å². The number of nitrogens with one attached hydrogen (secondary N) is 1. The van der Waals surface area contributed by atoms with E-state index in [0.29, 0.717) is 13.2 Å². The summed E-state index contributed by atoms with van der Waals surface area (Å²) in [5, 5.41) is 3.01. The van der Waals surface area contributed by atoms with Gasteiger partial charge in [0.25, 0.3) is 0 Å². The summed E-state index contributed by atoms with van der Waals surface area (Å²) < 4.78 is 7.85. The molecule has 0 unspecified atom stereocenters. The lowest BCUT2D eigenvalue weighted by molar-refractivity contribution is 0.0630. The zero-order valence-corrected chi connectivity index (χ0v) is 15.9. The number of urea groups is 1. The molecule has 0 atom stereocenters. The second-order valence-electron chi connectivity index (χ2n) is 6.95. The van der Waals surface area contributed by atoms with Crippen LogP contribution in [0.1, 0.15) is 44.1 Å².